The number of carbonyl (C=O) groups excluding carboxylic acids is 1. The Balaban J connectivity index is 1.73. The molecule has 5 heteroatoms. The standard InChI is InChI=1S/C14H27N3O2/c1-16-6-8-17(9-7-16)14(19)10-15-13-5-3-2-4-12(13)11-18/h12-13,15,18H,2-11H2,1H3. The largest absolute Gasteiger partial charge is 0.396 e. The molecule has 2 aliphatic rings. The number of aliphatic hydroxyl groups excluding tert-OH is 1. The van der Waals surface area contributed by atoms with Crippen molar-refractivity contribution in [2.75, 3.05) is 46.4 Å². The van der Waals surface area contributed by atoms with Gasteiger partial charge in [0.25, 0.3) is 0 Å². The highest BCUT2D eigenvalue weighted by atomic mass is 16.3. The summed E-state index contributed by atoms with van der Waals surface area (Å²) in [6, 6.07) is 0.315. The lowest BCUT2D eigenvalue weighted by Crippen LogP contribution is -2.51. The summed E-state index contributed by atoms with van der Waals surface area (Å²) in [4.78, 5) is 16.3. The van der Waals surface area contributed by atoms with Crippen molar-refractivity contribution in [1.29, 1.82) is 0 Å². The molecule has 2 atom stereocenters. The minimum Gasteiger partial charge on any atom is -0.396 e. The lowest BCUT2D eigenvalue weighted by molar-refractivity contribution is -0.132. The van der Waals surface area contributed by atoms with Crippen LogP contribution in [-0.4, -0.2) is 73.2 Å². The van der Waals surface area contributed by atoms with Gasteiger partial charge in [0, 0.05) is 38.8 Å². The Morgan fingerprint density at radius 1 is 1.21 bits per heavy atom. The molecule has 2 rings (SSSR count). The second kappa shape index (κ2) is 7.22. The fraction of sp³-hybridized carbons (Fsp3) is 0.929. The number of nitrogens with one attached hydrogen (secondary N) is 1. The Hall–Kier alpha value is -0.650. The Labute approximate surface area is 115 Å². The number of aliphatic hydroxyl groups is 1. The Morgan fingerprint density at radius 2 is 1.89 bits per heavy atom. The zero-order valence-corrected chi connectivity index (χ0v) is 12.0. The van der Waals surface area contributed by atoms with E-state index in [0.717, 1.165) is 39.0 Å². The number of hydrogen-bond acceptors (Lipinski definition) is 4. The summed E-state index contributed by atoms with van der Waals surface area (Å²) in [7, 11) is 2.09. The SMILES string of the molecule is CN1CCN(C(=O)CNC2CCCCC2CO)CC1. The summed E-state index contributed by atoms with van der Waals surface area (Å²) in [6.07, 6.45) is 4.57. The van der Waals surface area contributed by atoms with E-state index in [9.17, 15) is 9.90 Å². The molecular weight excluding hydrogens is 242 g/mol. The van der Waals surface area contributed by atoms with E-state index >= 15 is 0 Å². The van der Waals surface area contributed by atoms with Crippen LogP contribution in [0.3, 0.4) is 0 Å². The third kappa shape index (κ3) is 4.16. The van der Waals surface area contributed by atoms with Crippen LogP contribution in [0.25, 0.3) is 0 Å². The van der Waals surface area contributed by atoms with Crippen molar-refractivity contribution >= 4 is 5.91 Å². The van der Waals surface area contributed by atoms with Crippen molar-refractivity contribution in [3.05, 3.63) is 0 Å². The molecule has 0 aromatic rings. The molecule has 2 N–H and O–H groups in total. The molecule has 19 heavy (non-hydrogen) atoms. The molecule has 1 amide bonds. The van der Waals surface area contributed by atoms with Crippen LogP contribution < -0.4 is 5.32 Å². The molecule has 2 fully saturated rings. The minimum atomic E-state index is 0.204. The lowest BCUT2D eigenvalue weighted by Gasteiger charge is -2.34. The summed E-state index contributed by atoms with van der Waals surface area (Å²) in [6.45, 7) is 4.27. The summed E-state index contributed by atoms with van der Waals surface area (Å²) in [5.74, 6) is 0.532. The van der Waals surface area contributed by atoms with Crippen molar-refractivity contribution in [1.82, 2.24) is 15.1 Å². The van der Waals surface area contributed by atoms with Gasteiger partial charge in [-0.2, -0.15) is 0 Å². The summed E-state index contributed by atoms with van der Waals surface area (Å²) in [5.41, 5.74) is 0. The van der Waals surface area contributed by atoms with E-state index in [0.29, 0.717) is 18.5 Å². The van der Waals surface area contributed by atoms with Crippen LogP contribution in [0.4, 0.5) is 0 Å². The van der Waals surface area contributed by atoms with Crippen LogP contribution in [-0.2, 0) is 4.79 Å². The zero-order chi connectivity index (χ0) is 13.7. The fourth-order valence-corrected chi connectivity index (χ4v) is 3.08. The van der Waals surface area contributed by atoms with Crippen molar-refractivity contribution < 1.29 is 9.90 Å². The van der Waals surface area contributed by atoms with Gasteiger partial charge in [-0.1, -0.05) is 12.8 Å². The molecule has 0 aromatic carbocycles. The molecule has 110 valence electrons. The Kier molecular flexibility index (Phi) is 5.60. The third-order valence-electron chi connectivity index (χ3n) is 4.52. The first-order chi connectivity index (χ1) is 9.20. The van der Waals surface area contributed by atoms with Crippen LogP contribution in [0.1, 0.15) is 25.7 Å². The molecule has 0 spiro atoms. The minimum absolute atomic E-state index is 0.204. The molecular formula is C14H27N3O2. The van der Waals surface area contributed by atoms with E-state index in [1.807, 2.05) is 4.90 Å². The number of carbonyl (C=O) groups is 1. The van der Waals surface area contributed by atoms with Gasteiger partial charge in [-0.25, -0.2) is 0 Å². The van der Waals surface area contributed by atoms with Crippen molar-refractivity contribution in [2.24, 2.45) is 5.92 Å². The average Bonchev–Trinajstić information content (AvgIpc) is 2.45. The smallest absolute Gasteiger partial charge is 0.236 e. The monoisotopic (exact) mass is 269 g/mol. The third-order valence-corrected chi connectivity index (χ3v) is 4.52. The van der Waals surface area contributed by atoms with Crippen molar-refractivity contribution in [3.63, 3.8) is 0 Å². The van der Waals surface area contributed by atoms with Gasteiger partial charge in [-0.15, -0.1) is 0 Å². The highest BCUT2D eigenvalue weighted by molar-refractivity contribution is 5.78. The van der Waals surface area contributed by atoms with E-state index in [4.69, 9.17) is 0 Å². The second-order valence-electron chi connectivity index (χ2n) is 5.90. The molecule has 1 saturated carbocycles. The zero-order valence-electron chi connectivity index (χ0n) is 12.0. The van der Waals surface area contributed by atoms with Crippen LogP contribution in [0.5, 0.6) is 0 Å². The molecule has 1 saturated heterocycles. The number of likely N-dealkylation sites (N-methyl/N-ethyl adjacent to an activating group) is 1. The number of piperazine rings is 1. The molecule has 2 unspecified atom stereocenters. The number of amides is 1. The number of rotatable bonds is 4. The Bertz CT molecular complexity index is 290. The second-order valence-corrected chi connectivity index (χ2v) is 5.90. The van der Waals surface area contributed by atoms with Crippen LogP contribution in [0.2, 0.25) is 0 Å². The predicted molar refractivity (Wildman–Crippen MR) is 74.9 cm³/mol. The maximum atomic E-state index is 12.1. The van der Waals surface area contributed by atoms with Crippen LogP contribution >= 0.6 is 0 Å². The number of nitrogens with zero attached hydrogens (tertiary/aromatic N) is 2. The molecule has 0 bridgehead atoms. The highest BCUT2D eigenvalue weighted by Crippen LogP contribution is 2.23. The lowest BCUT2D eigenvalue weighted by atomic mass is 9.85. The van der Waals surface area contributed by atoms with E-state index < -0.39 is 0 Å². The van der Waals surface area contributed by atoms with Crippen molar-refractivity contribution in [3.8, 4) is 0 Å². The average molecular weight is 269 g/mol. The quantitative estimate of drug-likeness (QED) is 0.748. The maximum absolute atomic E-state index is 12.1. The number of hydrogen-bond donors (Lipinski definition) is 2. The first-order valence-electron chi connectivity index (χ1n) is 7.51. The van der Waals surface area contributed by atoms with Gasteiger partial charge < -0.3 is 20.2 Å². The van der Waals surface area contributed by atoms with Gasteiger partial charge in [0.05, 0.1) is 6.54 Å². The summed E-state index contributed by atoms with van der Waals surface area (Å²) >= 11 is 0. The first-order valence-corrected chi connectivity index (χ1v) is 7.51. The van der Waals surface area contributed by atoms with Gasteiger partial charge in [0.2, 0.25) is 5.91 Å². The molecule has 1 aliphatic carbocycles. The summed E-state index contributed by atoms with van der Waals surface area (Å²) in [5, 5.41) is 12.7. The van der Waals surface area contributed by atoms with E-state index in [2.05, 4.69) is 17.3 Å². The van der Waals surface area contributed by atoms with Gasteiger partial charge in [0.1, 0.15) is 0 Å². The molecule has 0 aromatic heterocycles. The van der Waals surface area contributed by atoms with Crippen LogP contribution in [0.15, 0.2) is 0 Å². The van der Waals surface area contributed by atoms with E-state index in [1.54, 1.807) is 0 Å². The topological polar surface area (TPSA) is 55.8 Å². The van der Waals surface area contributed by atoms with Crippen molar-refractivity contribution in [2.45, 2.75) is 31.7 Å². The van der Waals surface area contributed by atoms with E-state index in [-0.39, 0.29) is 12.5 Å². The van der Waals surface area contributed by atoms with Gasteiger partial charge in [-0.05, 0) is 25.8 Å². The summed E-state index contributed by atoms with van der Waals surface area (Å²) < 4.78 is 0. The molecule has 5 nitrogen and oxygen atoms in total. The Morgan fingerprint density at radius 3 is 2.58 bits per heavy atom. The maximum Gasteiger partial charge on any atom is 0.236 e. The van der Waals surface area contributed by atoms with Gasteiger partial charge in [0.15, 0.2) is 0 Å². The first kappa shape index (κ1) is 14.8. The molecule has 1 heterocycles. The van der Waals surface area contributed by atoms with Gasteiger partial charge in [-0.3, -0.25) is 4.79 Å². The van der Waals surface area contributed by atoms with Gasteiger partial charge >= 0.3 is 0 Å². The molecule has 0 radical (unpaired) electrons. The van der Waals surface area contributed by atoms with E-state index in [1.165, 1.54) is 12.8 Å². The van der Waals surface area contributed by atoms with Crippen LogP contribution in [0, 0.1) is 5.92 Å². The highest BCUT2D eigenvalue weighted by Gasteiger charge is 2.25. The predicted octanol–water partition coefficient (Wildman–Crippen LogP) is -0.0989. The fourth-order valence-electron chi connectivity index (χ4n) is 3.08. The molecule has 1 aliphatic heterocycles. The normalized spacial score (nSPS) is 29.5.